The zero-order valence-corrected chi connectivity index (χ0v) is 19.2. The van der Waals surface area contributed by atoms with Gasteiger partial charge < -0.3 is 19.7 Å². The van der Waals surface area contributed by atoms with Gasteiger partial charge in [0.2, 0.25) is 5.91 Å². The minimum atomic E-state index is -0.0586. The number of likely N-dealkylation sites (N-methyl/N-ethyl adjacent to an activating group) is 1. The molecule has 3 aromatic rings. The maximum absolute atomic E-state index is 12.6. The first-order valence-corrected chi connectivity index (χ1v) is 11.1. The number of benzene rings is 2. The number of hydrogen-bond acceptors (Lipinski definition) is 6. The van der Waals surface area contributed by atoms with Gasteiger partial charge in [0.15, 0.2) is 0 Å². The molecular weight excluding hydrogens is 410 g/mol. The number of amides is 1. The molecule has 1 aromatic heterocycles. The largest absolute Gasteiger partial charge is 0.496 e. The Bertz CT molecular complexity index is 1000. The van der Waals surface area contributed by atoms with Crippen molar-refractivity contribution in [1.29, 1.82) is 0 Å². The number of carbonyl (C=O) groups is 1. The summed E-state index contributed by atoms with van der Waals surface area (Å²) >= 11 is 1.52. The molecule has 0 radical (unpaired) electrons. The van der Waals surface area contributed by atoms with Crippen LogP contribution in [0, 0.1) is 0 Å². The van der Waals surface area contributed by atoms with E-state index in [0.717, 1.165) is 33.3 Å². The van der Waals surface area contributed by atoms with Crippen molar-refractivity contribution < 1.29 is 14.3 Å². The molecule has 0 saturated carbocycles. The van der Waals surface area contributed by atoms with E-state index in [-0.39, 0.29) is 18.4 Å². The van der Waals surface area contributed by atoms with Gasteiger partial charge in [-0.2, -0.15) is 0 Å². The second-order valence-electron chi connectivity index (χ2n) is 7.28. The number of rotatable bonds is 10. The lowest BCUT2D eigenvalue weighted by Gasteiger charge is -2.26. The Morgan fingerprint density at radius 2 is 1.84 bits per heavy atom. The lowest BCUT2D eigenvalue weighted by atomic mass is 10.0. The minimum Gasteiger partial charge on any atom is -0.496 e. The van der Waals surface area contributed by atoms with Gasteiger partial charge in [0, 0.05) is 17.5 Å². The lowest BCUT2D eigenvalue weighted by Crippen LogP contribution is -2.35. The van der Waals surface area contributed by atoms with Crippen LogP contribution in [0.4, 0.5) is 0 Å². The van der Waals surface area contributed by atoms with Crippen molar-refractivity contribution in [1.82, 2.24) is 15.2 Å². The fourth-order valence-electron chi connectivity index (χ4n) is 3.39. The molecule has 0 spiro atoms. The number of aromatic nitrogens is 1. The summed E-state index contributed by atoms with van der Waals surface area (Å²) in [6, 6.07) is 15.7. The van der Waals surface area contributed by atoms with Crippen LogP contribution in [0.15, 0.2) is 53.9 Å². The number of nitrogens with zero attached hydrogens (tertiary/aromatic N) is 2. The number of para-hydroxylation sites is 2. The summed E-state index contributed by atoms with van der Waals surface area (Å²) in [6.07, 6.45) is 0.235. The van der Waals surface area contributed by atoms with Crippen molar-refractivity contribution in [2.45, 2.75) is 19.4 Å². The maximum atomic E-state index is 12.6. The quantitative estimate of drug-likeness (QED) is 0.513. The summed E-state index contributed by atoms with van der Waals surface area (Å²) in [5.41, 5.74) is 2.74. The van der Waals surface area contributed by atoms with E-state index in [0.29, 0.717) is 13.2 Å². The fourth-order valence-corrected chi connectivity index (χ4v) is 4.24. The summed E-state index contributed by atoms with van der Waals surface area (Å²) in [5.74, 6) is 1.56. The molecule has 1 atom stereocenters. The number of nitrogens with one attached hydrogen (secondary N) is 1. The smallest absolute Gasteiger partial charge is 0.226 e. The summed E-state index contributed by atoms with van der Waals surface area (Å²) < 4.78 is 11.2. The van der Waals surface area contributed by atoms with Gasteiger partial charge in [-0.1, -0.05) is 30.3 Å². The molecule has 0 saturated heterocycles. The molecule has 1 heterocycles. The van der Waals surface area contributed by atoms with E-state index in [1.807, 2.05) is 74.9 Å². The van der Waals surface area contributed by atoms with Gasteiger partial charge in [0.25, 0.3) is 0 Å². The minimum absolute atomic E-state index is 0.00386. The van der Waals surface area contributed by atoms with E-state index in [2.05, 4.69) is 15.2 Å². The first-order chi connectivity index (χ1) is 15.0. The van der Waals surface area contributed by atoms with Crippen LogP contribution in [0.25, 0.3) is 10.6 Å². The normalized spacial score (nSPS) is 11.9. The highest BCUT2D eigenvalue weighted by molar-refractivity contribution is 7.13. The van der Waals surface area contributed by atoms with Gasteiger partial charge in [-0.25, -0.2) is 4.98 Å². The van der Waals surface area contributed by atoms with E-state index in [4.69, 9.17) is 9.47 Å². The van der Waals surface area contributed by atoms with Crippen molar-refractivity contribution in [3.8, 4) is 22.1 Å². The molecule has 2 aromatic carbocycles. The molecule has 0 bridgehead atoms. The molecule has 1 N–H and O–H groups in total. The molecule has 0 fully saturated rings. The van der Waals surface area contributed by atoms with E-state index >= 15 is 0 Å². The van der Waals surface area contributed by atoms with Gasteiger partial charge in [0.1, 0.15) is 16.5 Å². The first kappa shape index (κ1) is 22.8. The fraction of sp³-hybridized carbons (Fsp3) is 0.333. The number of carbonyl (C=O) groups excluding carboxylic acids is 1. The van der Waals surface area contributed by atoms with Crippen LogP contribution in [0.3, 0.4) is 0 Å². The molecule has 164 valence electrons. The van der Waals surface area contributed by atoms with Gasteiger partial charge in [-0.15, -0.1) is 11.3 Å². The SMILES string of the molecule is CCOc1ccccc1-c1nc(CC(=O)NCC(c2ccccc2OC)N(C)C)cs1. The monoisotopic (exact) mass is 439 g/mol. The molecule has 1 amide bonds. The van der Waals surface area contributed by atoms with Crippen LogP contribution >= 0.6 is 11.3 Å². The Kier molecular flexibility index (Phi) is 8.03. The van der Waals surface area contributed by atoms with Gasteiger partial charge >= 0.3 is 0 Å². The highest BCUT2D eigenvalue weighted by Crippen LogP contribution is 2.32. The van der Waals surface area contributed by atoms with E-state index in [1.54, 1.807) is 7.11 Å². The second-order valence-corrected chi connectivity index (χ2v) is 8.13. The first-order valence-electron chi connectivity index (χ1n) is 10.3. The lowest BCUT2D eigenvalue weighted by molar-refractivity contribution is -0.120. The predicted octanol–water partition coefficient (Wildman–Crippen LogP) is 4.18. The summed E-state index contributed by atoms with van der Waals surface area (Å²) in [4.78, 5) is 19.4. The molecular formula is C24H29N3O3S. The summed E-state index contributed by atoms with van der Waals surface area (Å²) in [5, 5.41) is 5.83. The van der Waals surface area contributed by atoms with Gasteiger partial charge in [0.05, 0.1) is 37.4 Å². The van der Waals surface area contributed by atoms with Crippen molar-refractivity contribution in [2.75, 3.05) is 34.4 Å². The molecule has 31 heavy (non-hydrogen) atoms. The summed E-state index contributed by atoms with van der Waals surface area (Å²) in [7, 11) is 5.64. The van der Waals surface area contributed by atoms with Crippen molar-refractivity contribution in [2.24, 2.45) is 0 Å². The molecule has 3 rings (SSSR count). The topological polar surface area (TPSA) is 63.7 Å². The average Bonchev–Trinajstić information content (AvgIpc) is 3.22. The van der Waals surface area contributed by atoms with Gasteiger partial charge in [-0.3, -0.25) is 4.79 Å². The number of thiazole rings is 1. The predicted molar refractivity (Wildman–Crippen MR) is 125 cm³/mol. The van der Waals surface area contributed by atoms with Crippen LogP contribution in [-0.4, -0.2) is 50.1 Å². The molecule has 7 heteroatoms. The zero-order chi connectivity index (χ0) is 22.2. The van der Waals surface area contributed by atoms with Crippen LogP contribution in [-0.2, 0) is 11.2 Å². The van der Waals surface area contributed by atoms with Crippen LogP contribution in [0.1, 0.15) is 24.2 Å². The van der Waals surface area contributed by atoms with Crippen molar-refractivity contribution >= 4 is 17.2 Å². The highest BCUT2D eigenvalue weighted by atomic mass is 32.1. The van der Waals surface area contributed by atoms with Crippen molar-refractivity contribution in [3.05, 3.63) is 65.2 Å². The molecule has 0 aliphatic heterocycles. The molecule has 0 aliphatic carbocycles. The van der Waals surface area contributed by atoms with E-state index in [1.165, 1.54) is 11.3 Å². The third-order valence-electron chi connectivity index (χ3n) is 4.92. The van der Waals surface area contributed by atoms with Crippen LogP contribution in [0.2, 0.25) is 0 Å². The Balaban J connectivity index is 1.65. The summed E-state index contributed by atoms with van der Waals surface area (Å²) in [6.45, 7) is 3.04. The number of ether oxygens (including phenoxy) is 2. The average molecular weight is 440 g/mol. The van der Waals surface area contributed by atoms with Crippen LogP contribution in [0.5, 0.6) is 11.5 Å². The molecule has 1 unspecified atom stereocenters. The Hall–Kier alpha value is -2.90. The zero-order valence-electron chi connectivity index (χ0n) is 18.4. The highest BCUT2D eigenvalue weighted by Gasteiger charge is 2.19. The van der Waals surface area contributed by atoms with E-state index in [9.17, 15) is 4.79 Å². The third-order valence-corrected chi connectivity index (χ3v) is 5.85. The Morgan fingerprint density at radius 3 is 2.55 bits per heavy atom. The number of methoxy groups -OCH3 is 1. The van der Waals surface area contributed by atoms with Gasteiger partial charge in [-0.05, 0) is 39.2 Å². The molecule has 6 nitrogen and oxygen atoms in total. The van der Waals surface area contributed by atoms with Crippen LogP contribution < -0.4 is 14.8 Å². The van der Waals surface area contributed by atoms with Crippen molar-refractivity contribution in [3.63, 3.8) is 0 Å². The second kappa shape index (κ2) is 10.9. The Labute approximate surface area is 187 Å². The Morgan fingerprint density at radius 1 is 1.13 bits per heavy atom. The number of hydrogen-bond donors (Lipinski definition) is 1. The third kappa shape index (κ3) is 5.83. The molecule has 0 aliphatic rings. The maximum Gasteiger partial charge on any atom is 0.226 e. The van der Waals surface area contributed by atoms with E-state index < -0.39 is 0 Å². The standard InChI is InChI=1S/C24H29N3O3S/c1-5-30-22-13-9-7-11-19(22)24-26-17(16-31-24)14-23(28)25-15-20(27(2)3)18-10-6-8-12-21(18)29-4/h6-13,16,20H,5,14-15H2,1-4H3,(H,25,28).